The van der Waals surface area contributed by atoms with Crippen molar-refractivity contribution >= 4 is 23.2 Å². The number of carbonyl (C=O) groups excluding carboxylic acids is 1. The van der Waals surface area contributed by atoms with E-state index in [1.807, 2.05) is 6.92 Å². The number of rotatable bonds is 4. The SMILES string of the molecule is Cc1nc(CC(C)C)c(C(=O)N2CCC(C)(C(=O)O)C2)s1. The van der Waals surface area contributed by atoms with Crippen molar-refractivity contribution in [3.63, 3.8) is 0 Å². The number of amides is 1. The van der Waals surface area contributed by atoms with Crippen LogP contribution in [-0.4, -0.2) is 40.0 Å². The summed E-state index contributed by atoms with van der Waals surface area (Å²) in [4.78, 5) is 30.8. The van der Waals surface area contributed by atoms with Gasteiger partial charge in [-0.2, -0.15) is 0 Å². The second-order valence-electron chi connectivity index (χ2n) is 6.45. The zero-order valence-electron chi connectivity index (χ0n) is 13.0. The molecule has 0 aromatic carbocycles. The maximum atomic E-state index is 12.7. The highest BCUT2D eigenvalue weighted by molar-refractivity contribution is 7.13. The van der Waals surface area contributed by atoms with Crippen LogP contribution in [0.5, 0.6) is 0 Å². The first-order valence-electron chi connectivity index (χ1n) is 7.22. The maximum absolute atomic E-state index is 12.7. The van der Waals surface area contributed by atoms with Crippen LogP contribution >= 0.6 is 11.3 Å². The van der Waals surface area contributed by atoms with Crippen LogP contribution in [-0.2, 0) is 11.2 Å². The monoisotopic (exact) mass is 310 g/mol. The van der Waals surface area contributed by atoms with E-state index in [0.29, 0.717) is 23.8 Å². The molecule has 0 spiro atoms. The van der Waals surface area contributed by atoms with E-state index in [2.05, 4.69) is 18.8 Å². The molecule has 1 aliphatic rings. The normalized spacial score (nSPS) is 22.0. The Balaban J connectivity index is 2.20. The summed E-state index contributed by atoms with van der Waals surface area (Å²) in [5, 5.41) is 10.2. The third-order valence-electron chi connectivity index (χ3n) is 3.88. The third-order valence-corrected chi connectivity index (χ3v) is 4.88. The molecule has 5 nitrogen and oxygen atoms in total. The Bertz CT molecular complexity index is 567. The Hall–Kier alpha value is -1.43. The molecule has 1 fully saturated rings. The number of carbonyl (C=O) groups is 2. The summed E-state index contributed by atoms with van der Waals surface area (Å²) in [6.45, 7) is 8.58. The summed E-state index contributed by atoms with van der Waals surface area (Å²) in [7, 11) is 0. The molecular weight excluding hydrogens is 288 g/mol. The highest BCUT2D eigenvalue weighted by Gasteiger charge is 2.42. The van der Waals surface area contributed by atoms with Gasteiger partial charge < -0.3 is 10.0 Å². The minimum absolute atomic E-state index is 0.0683. The number of carboxylic acid groups (broad SMARTS) is 1. The van der Waals surface area contributed by atoms with Gasteiger partial charge in [0.05, 0.1) is 16.1 Å². The number of carboxylic acids is 1. The minimum Gasteiger partial charge on any atom is -0.481 e. The Kier molecular flexibility index (Phi) is 4.37. The summed E-state index contributed by atoms with van der Waals surface area (Å²) >= 11 is 1.41. The smallest absolute Gasteiger partial charge is 0.311 e. The molecule has 0 radical (unpaired) electrons. The molecule has 1 N–H and O–H groups in total. The quantitative estimate of drug-likeness (QED) is 0.928. The number of aliphatic carboxylic acids is 1. The lowest BCUT2D eigenvalue weighted by molar-refractivity contribution is -0.147. The molecule has 2 heterocycles. The molecule has 6 heteroatoms. The summed E-state index contributed by atoms with van der Waals surface area (Å²) in [5.41, 5.74) is 0.0228. The van der Waals surface area contributed by atoms with Crippen LogP contribution in [0.1, 0.15) is 47.6 Å². The topological polar surface area (TPSA) is 70.5 Å². The van der Waals surface area contributed by atoms with E-state index >= 15 is 0 Å². The fourth-order valence-electron chi connectivity index (χ4n) is 2.61. The van der Waals surface area contributed by atoms with E-state index in [0.717, 1.165) is 17.1 Å². The van der Waals surface area contributed by atoms with Gasteiger partial charge in [0.2, 0.25) is 0 Å². The molecule has 1 aliphatic heterocycles. The molecular formula is C15H22N2O3S. The highest BCUT2D eigenvalue weighted by Crippen LogP contribution is 2.32. The summed E-state index contributed by atoms with van der Waals surface area (Å²) in [5.74, 6) is -0.470. The summed E-state index contributed by atoms with van der Waals surface area (Å²) in [6.07, 6.45) is 1.28. The average molecular weight is 310 g/mol. The van der Waals surface area contributed by atoms with E-state index < -0.39 is 11.4 Å². The molecule has 1 amide bonds. The first kappa shape index (κ1) is 15.9. The minimum atomic E-state index is -0.833. The molecule has 1 atom stereocenters. The van der Waals surface area contributed by atoms with Crippen LogP contribution in [0.3, 0.4) is 0 Å². The summed E-state index contributed by atoms with van der Waals surface area (Å²) in [6, 6.07) is 0. The number of aryl methyl sites for hydroxylation is 1. The van der Waals surface area contributed by atoms with Crippen LogP contribution in [0.2, 0.25) is 0 Å². The van der Waals surface area contributed by atoms with Crippen molar-refractivity contribution in [3.05, 3.63) is 15.6 Å². The molecule has 21 heavy (non-hydrogen) atoms. The molecule has 2 rings (SSSR count). The molecule has 0 aliphatic carbocycles. The fourth-order valence-corrected chi connectivity index (χ4v) is 3.53. The third kappa shape index (κ3) is 3.26. The van der Waals surface area contributed by atoms with E-state index in [9.17, 15) is 14.7 Å². The van der Waals surface area contributed by atoms with Gasteiger partial charge in [0.1, 0.15) is 4.88 Å². The first-order valence-corrected chi connectivity index (χ1v) is 8.03. The van der Waals surface area contributed by atoms with Gasteiger partial charge in [-0.25, -0.2) is 4.98 Å². The van der Waals surface area contributed by atoms with Gasteiger partial charge in [-0.05, 0) is 32.6 Å². The Morgan fingerprint density at radius 2 is 2.14 bits per heavy atom. The largest absolute Gasteiger partial charge is 0.481 e. The lowest BCUT2D eigenvalue weighted by atomic mass is 9.90. The molecule has 1 unspecified atom stereocenters. The zero-order chi connectivity index (χ0) is 15.8. The number of likely N-dealkylation sites (tertiary alicyclic amines) is 1. The number of hydrogen-bond acceptors (Lipinski definition) is 4. The predicted molar refractivity (Wildman–Crippen MR) is 81.7 cm³/mol. The van der Waals surface area contributed by atoms with E-state index in [1.54, 1.807) is 11.8 Å². The summed E-state index contributed by atoms with van der Waals surface area (Å²) < 4.78 is 0. The van der Waals surface area contributed by atoms with Gasteiger partial charge >= 0.3 is 5.97 Å². The van der Waals surface area contributed by atoms with E-state index in [4.69, 9.17) is 0 Å². The first-order chi connectivity index (χ1) is 9.73. The molecule has 116 valence electrons. The van der Waals surface area contributed by atoms with E-state index in [-0.39, 0.29) is 12.5 Å². The standard InChI is InChI=1S/C15H22N2O3S/c1-9(2)7-11-12(21-10(3)16-11)13(18)17-6-5-15(4,8-17)14(19)20/h9H,5-8H2,1-4H3,(H,19,20). The van der Waals surface area contributed by atoms with Gasteiger partial charge in [-0.15, -0.1) is 11.3 Å². The predicted octanol–water partition coefficient (Wildman–Crippen LogP) is 2.59. The number of thiazole rings is 1. The fraction of sp³-hybridized carbons (Fsp3) is 0.667. The lowest BCUT2D eigenvalue weighted by Crippen LogP contribution is -2.35. The molecule has 0 bridgehead atoms. The maximum Gasteiger partial charge on any atom is 0.311 e. The van der Waals surface area contributed by atoms with Gasteiger partial charge in [-0.3, -0.25) is 9.59 Å². The van der Waals surface area contributed by atoms with Gasteiger partial charge in [0.15, 0.2) is 0 Å². The van der Waals surface area contributed by atoms with Crippen LogP contribution in [0.25, 0.3) is 0 Å². The van der Waals surface area contributed by atoms with Crippen LogP contribution in [0.15, 0.2) is 0 Å². The van der Waals surface area contributed by atoms with Gasteiger partial charge in [0.25, 0.3) is 5.91 Å². The van der Waals surface area contributed by atoms with E-state index in [1.165, 1.54) is 11.3 Å². The molecule has 0 saturated carbocycles. The number of nitrogens with zero attached hydrogens (tertiary/aromatic N) is 2. The lowest BCUT2D eigenvalue weighted by Gasteiger charge is -2.20. The van der Waals surface area contributed by atoms with Crippen LogP contribution in [0.4, 0.5) is 0 Å². The molecule has 1 aromatic rings. The van der Waals surface area contributed by atoms with Crippen molar-refractivity contribution in [2.75, 3.05) is 13.1 Å². The van der Waals surface area contributed by atoms with Crippen LogP contribution in [0, 0.1) is 18.3 Å². The Morgan fingerprint density at radius 1 is 1.48 bits per heavy atom. The Labute approximate surface area is 129 Å². The second-order valence-corrected chi connectivity index (χ2v) is 7.65. The van der Waals surface area contributed by atoms with Crippen molar-refractivity contribution in [2.45, 2.75) is 40.5 Å². The van der Waals surface area contributed by atoms with Gasteiger partial charge in [-0.1, -0.05) is 13.8 Å². The van der Waals surface area contributed by atoms with Crippen LogP contribution < -0.4 is 0 Å². The zero-order valence-corrected chi connectivity index (χ0v) is 13.8. The van der Waals surface area contributed by atoms with Crippen molar-refractivity contribution < 1.29 is 14.7 Å². The molecule has 1 aromatic heterocycles. The van der Waals surface area contributed by atoms with Crippen molar-refractivity contribution in [1.29, 1.82) is 0 Å². The average Bonchev–Trinajstić information content (AvgIpc) is 2.93. The van der Waals surface area contributed by atoms with Crippen molar-refractivity contribution in [2.24, 2.45) is 11.3 Å². The second kappa shape index (κ2) is 5.75. The van der Waals surface area contributed by atoms with Crippen molar-refractivity contribution in [3.8, 4) is 0 Å². The van der Waals surface area contributed by atoms with Crippen molar-refractivity contribution in [1.82, 2.24) is 9.88 Å². The number of hydrogen-bond donors (Lipinski definition) is 1. The van der Waals surface area contributed by atoms with Gasteiger partial charge in [0, 0.05) is 13.1 Å². The highest BCUT2D eigenvalue weighted by atomic mass is 32.1. The Morgan fingerprint density at radius 3 is 2.67 bits per heavy atom. The number of aromatic nitrogens is 1. The molecule has 1 saturated heterocycles.